The van der Waals surface area contributed by atoms with Crippen molar-refractivity contribution >= 4 is 22.9 Å². The van der Waals surface area contributed by atoms with Gasteiger partial charge in [0.05, 0.1) is 43.5 Å². The zero-order valence-corrected chi connectivity index (χ0v) is 30.5. The summed E-state index contributed by atoms with van der Waals surface area (Å²) in [7, 11) is 0. The fourth-order valence-electron chi connectivity index (χ4n) is 6.62. The van der Waals surface area contributed by atoms with Gasteiger partial charge in [0, 0.05) is 29.8 Å². The van der Waals surface area contributed by atoms with Crippen molar-refractivity contribution in [1.29, 1.82) is 5.26 Å². The standard InChI is InChI=1S/C29H38N6O3.C11H22/c1-2-3-4-5-6-9-18-38-27(37)13-12-26(36)34-17-15-24-28(31-21-32-29(24)34)23-19-33-35(20-23)25(14-16-30)22-10-7-8-11-22;1-3-5-7-9-11-10-8-6-4-2/h15,17,19-22,25H,2-14,18H2,1H3;3,5H,4,6-11H2,1-2H3/b;5-3-. The van der Waals surface area contributed by atoms with E-state index in [4.69, 9.17) is 4.74 Å². The first kappa shape index (κ1) is 39.6. The summed E-state index contributed by atoms with van der Waals surface area (Å²) in [5.74, 6) is -0.100. The van der Waals surface area contributed by atoms with E-state index in [9.17, 15) is 14.9 Å². The van der Waals surface area contributed by atoms with Crippen molar-refractivity contribution in [2.75, 3.05) is 6.61 Å². The molecule has 3 aromatic heterocycles. The molecular weight excluding hydrogens is 612 g/mol. The third-order valence-electron chi connectivity index (χ3n) is 9.47. The van der Waals surface area contributed by atoms with Gasteiger partial charge in [-0.1, -0.05) is 103 Å². The van der Waals surface area contributed by atoms with E-state index in [0.717, 1.165) is 43.1 Å². The lowest BCUT2D eigenvalue weighted by atomic mass is 9.96. The molecule has 0 aliphatic heterocycles. The maximum absolute atomic E-state index is 12.9. The fraction of sp³-hybridized carbons (Fsp3) is 0.650. The van der Waals surface area contributed by atoms with Crippen LogP contribution in [0, 0.1) is 17.2 Å². The maximum atomic E-state index is 12.9. The normalized spacial score (nSPS) is 13.8. The van der Waals surface area contributed by atoms with Crippen molar-refractivity contribution in [3.8, 4) is 17.3 Å². The van der Waals surface area contributed by atoms with E-state index in [1.807, 2.05) is 16.9 Å². The summed E-state index contributed by atoms with van der Waals surface area (Å²) in [4.78, 5) is 33.8. The molecule has 0 radical (unpaired) electrons. The molecule has 1 aliphatic rings. The van der Waals surface area contributed by atoms with E-state index in [-0.39, 0.29) is 30.8 Å². The number of nitrogens with zero attached hydrogens (tertiary/aromatic N) is 6. The molecule has 1 saturated carbocycles. The van der Waals surface area contributed by atoms with E-state index in [1.165, 1.54) is 87.9 Å². The largest absolute Gasteiger partial charge is 0.466 e. The molecule has 0 bridgehead atoms. The monoisotopic (exact) mass is 672 g/mol. The Morgan fingerprint density at radius 2 is 1.67 bits per heavy atom. The van der Waals surface area contributed by atoms with Gasteiger partial charge in [0.15, 0.2) is 5.65 Å². The summed E-state index contributed by atoms with van der Waals surface area (Å²) in [6.07, 6.45) is 32.9. The van der Waals surface area contributed by atoms with Gasteiger partial charge >= 0.3 is 5.97 Å². The molecule has 0 spiro atoms. The first-order valence-corrected chi connectivity index (χ1v) is 19.1. The van der Waals surface area contributed by atoms with Crippen molar-refractivity contribution in [1.82, 2.24) is 24.3 Å². The first-order chi connectivity index (χ1) is 24.0. The molecule has 1 aliphatic carbocycles. The van der Waals surface area contributed by atoms with Gasteiger partial charge in [0.2, 0.25) is 5.91 Å². The number of unbranched alkanes of at least 4 members (excludes halogenated alkanes) is 11. The van der Waals surface area contributed by atoms with Crippen molar-refractivity contribution in [3.05, 3.63) is 43.1 Å². The molecular formula is C40H60N6O3. The highest BCUT2D eigenvalue weighted by Crippen LogP contribution is 2.36. The van der Waals surface area contributed by atoms with Crippen LogP contribution in [0.5, 0.6) is 0 Å². The van der Waals surface area contributed by atoms with Crippen LogP contribution in [-0.4, -0.2) is 42.8 Å². The molecule has 3 aromatic rings. The second-order valence-electron chi connectivity index (χ2n) is 13.3. The highest BCUT2D eigenvalue weighted by Gasteiger charge is 2.27. The third-order valence-corrected chi connectivity index (χ3v) is 9.47. The van der Waals surface area contributed by atoms with Crippen LogP contribution in [-0.2, 0) is 9.53 Å². The summed E-state index contributed by atoms with van der Waals surface area (Å²) >= 11 is 0. The Morgan fingerprint density at radius 1 is 0.980 bits per heavy atom. The van der Waals surface area contributed by atoms with Crippen LogP contribution in [0.1, 0.15) is 160 Å². The number of rotatable bonds is 21. The summed E-state index contributed by atoms with van der Waals surface area (Å²) in [5.41, 5.74) is 2.01. The quantitative estimate of drug-likeness (QED) is 0.0628. The predicted octanol–water partition coefficient (Wildman–Crippen LogP) is 10.6. The number of hydrogen-bond donors (Lipinski definition) is 0. The molecule has 1 atom stereocenters. The lowest BCUT2D eigenvalue weighted by Crippen LogP contribution is -2.17. The van der Waals surface area contributed by atoms with Crippen molar-refractivity contribution in [2.45, 2.75) is 155 Å². The number of carbonyl (C=O) groups is 2. The van der Waals surface area contributed by atoms with E-state index in [1.54, 1.807) is 12.4 Å². The van der Waals surface area contributed by atoms with Crippen molar-refractivity contribution in [3.63, 3.8) is 0 Å². The number of nitriles is 1. The van der Waals surface area contributed by atoms with Crippen LogP contribution in [0.4, 0.5) is 0 Å². The van der Waals surface area contributed by atoms with Gasteiger partial charge in [-0.25, -0.2) is 9.97 Å². The Hall–Kier alpha value is -3.80. The van der Waals surface area contributed by atoms with Gasteiger partial charge in [0.1, 0.15) is 6.33 Å². The Balaban J connectivity index is 0.000000509. The minimum absolute atomic E-state index is 0.0422. The molecule has 0 N–H and O–H groups in total. The van der Waals surface area contributed by atoms with E-state index >= 15 is 0 Å². The van der Waals surface area contributed by atoms with Gasteiger partial charge < -0.3 is 4.74 Å². The fourth-order valence-corrected chi connectivity index (χ4v) is 6.62. The van der Waals surface area contributed by atoms with Crippen LogP contribution in [0.3, 0.4) is 0 Å². The second-order valence-corrected chi connectivity index (χ2v) is 13.3. The summed E-state index contributed by atoms with van der Waals surface area (Å²) in [6, 6.07) is 4.20. The number of ether oxygens (including phenoxy) is 1. The third kappa shape index (κ3) is 13.6. The van der Waals surface area contributed by atoms with E-state index in [2.05, 4.69) is 54.1 Å². The minimum Gasteiger partial charge on any atom is -0.466 e. The molecule has 1 fully saturated rings. The van der Waals surface area contributed by atoms with Gasteiger partial charge in [-0.2, -0.15) is 10.4 Å². The molecule has 3 heterocycles. The number of carbonyl (C=O) groups excluding carboxylic acids is 2. The molecule has 1 unspecified atom stereocenters. The molecule has 0 aromatic carbocycles. The second kappa shape index (κ2) is 23.5. The summed E-state index contributed by atoms with van der Waals surface area (Å²) < 4.78 is 8.68. The lowest BCUT2D eigenvalue weighted by Gasteiger charge is -2.21. The number of hydrogen-bond acceptors (Lipinski definition) is 7. The maximum Gasteiger partial charge on any atom is 0.306 e. The van der Waals surface area contributed by atoms with Crippen LogP contribution >= 0.6 is 0 Å². The van der Waals surface area contributed by atoms with Crippen LogP contribution in [0.25, 0.3) is 22.3 Å². The SMILES string of the molecule is C/C=C\CCCCCCCC.CCCCCCCCOC(=O)CCC(=O)n1ccc2c(-c3cnn(C(CC#N)C4CCCC4)c3)ncnc21. The molecule has 268 valence electrons. The van der Waals surface area contributed by atoms with Crippen LogP contribution in [0.15, 0.2) is 43.1 Å². The van der Waals surface area contributed by atoms with Gasteiger partial charge in [-0.05, 0) is 51.0 Å². The van der Waals surface area contributed by atoms with E-state index in [0.29, 0.717) is 30.3 Å². The lowest BCUT2D eigenvalue weighted by molar-refractivity contribution is -0.143. The zero-order valence-electron chi connectivity index (χ0n) is 30.5. The van der Waals surface area contributed by atoms with Gasteiger partial charge in [-0.3, -0.25) is 18.8 Å². The number of fused-ring (bicyclic) bond motifs is 1. The smallest absolute Gasteiger partial charge is 0.306 e. The summed E-state index contributed by atoms with van der Waals surface area (Å²) in [6.45, 7) is 6.95. The molecule has 49 heavy (non-hydrogen) atoms. The Kier molecular flexibility index (Phi) is 19.0. The Bertz CT molecular complexity index is 1450. The number of allylic oxidation sites excluding steroid dienone is 2. The zero-order chi connectivity index (χ0) is 35.1. The van der Waals surface area contributed by atoms with Gasteiger partial charge in [0.25, 0.3) is 0 Å². The predicted molar refractivity (Wildman–Crippen MR) is 197 cm³/mol. The first-order valence-electron chi connectivity index (χ1n) is 19.1. The Morgan fingerprint density at radius 3 is 2.37 bits per heavy atom. The molecule has 0 saturated heterocycles. The Labute approximate surface area is 294 Å². The topological polar surface area (TPSA) is 116 Å². The van der Waals surface area contributed by atoms with Crippen molar-refractivity contribution < 1.29 is 14.3 Å². The highest BCUT2D eigenvalue weighted by molar-refractivity contribution is 5.97. The van der Waals surface area contributed by atoms with E-state index < -0.39 is 0 Å². The summed E-state index contributed by atoms with van der Waals surface area (Å²) in [5, 5.41) is 14.7. The van der Waals surface area contributed by atoms with Gasteiger partial charge in [-0.15, -0.1) is 0 Å². The average molecular weight is 673 g/mol. The highest BCUT2D eigenvalue weighted by atomic mass is 16.5. The number of esters is 1. The average Bonchev–Trinajstić information content (AvgIpc) is 3.91. The molecule has 9 heteroatoms. The molecule has 9 nitrogen and oxygen atoms in total. The number of aromatic nitrogens is 5. The van der Waals surface area contributed by atoms with Crippen molar-refractivity contribution in [2.24, 2.45) is 5.92 Å². The van der Waals surface area contributed by atoms with Crippen LogP contribution < -0.4 is 0 Å². The minimum atomic E-state index is -0.347. The molecule has 0 amide bonds. The van der Waals surface area contributed by atoms with Crippen LogP contribution in [0.2, 0.25) is 0 Å². The molecule has 4 rings (SSSR count).